The fourth-order valence-corrected chi connectivity index (χ4v) is 3.24. The number of ether oxygens (including phenoxy) is 1. The molecule has 0 saturated heterocycles. The molecule has 1 aromatic heterocycles. The Labute approximate surface area is 155 Å². The van der Waals surface area contributed by atoms with E-state index in [1.165, 1.54) is 0 Å². The number of hydrazone groups is 1. The van der Waals surface area contributed by atoms with E-state index in [-0.39, 0.29) is 0 Å². The maximum atomic E-state index is 5.41. The zero-order valence-electron chi connectivity index (χ0n) is 13.9. The lowest BCUT2D eigenvalue weighted by Crippen LogP contribution is -2.24. The Morgan fingerprint density at radius 3 is 2.68 bits per heavy atom. The Morgan fingerprint density at radius 1 is 1.20 bits per heavy atom. The van der Waals surface area contributed by atoms with Crippen LogP contribution in [0.2, 0.25) is 0 Å². The Bertz CT molecular complexity index is 870. The molecule has 0 unspecified atom stereocenters. The number of thiocarbonyl (C=S) groups is 1. The molecular formula is C18H18N4OS2. The van der Waals surface area contributed by atoms with E-state index in [0.29, 0.717) is 11.7 Å². The molecule has 0 saturated carbocycles. The molecule has 0 atom stereocenters. The van der Waals surface area contributed by atoms with Crippen LogP contribution in [-0.4, -0.2) is 22.4 Å². The van der Waals surface area contributed by atoms with Gasteiger partial charge in [-0.05, 0) is 62.5 Å². The molecule has 25 heavy (non-hydrogen) atoms. The predicted octanol–water partition coefficient (Wildman–Crippen LogP) is 4.41. The first kappa shape index (κ1) is 17.3. The summed E-state index contributed by atoms with van der Waals surface area (Å²) in [4.78, 5) is 4.57. The van der Waals surface area contributed by atoms with Crippen LogP contribution in [0.4, 0.5) is 5.69 Å². The van der Waals surface area contributed by atoms with Crippen molar-refractivity contribution in [2.75, 3.05) is 11.9 Å². The van der Waals surface area contributed by atoms with Crippen LogP contribution in [-0.2, 0) is 0 Å². The maximum Gasteiger partial charge on any atom is 0.191 e. The van der Waals surface area contributed by atoms with Gasteiger partial charge in [0, 0.05) is 5.69 Å². The average molecular weight is 371 g/mol. The summed E-state index contributed by atoms with van der Waals surface area (Å²) in [5, 5.41) is 8.70. The van der Waals surface area contributed by atoms with Gasteiger partial charge in [-0.3, -0.25) is 5.43 Å². The number of aromatic nitrogens is 1. The zero-order chi connectivity index (χ0) is 17.6. The molecule has 7 heteroatoms. The van der Waals surface area contributed by atoms with Gasteiger partial charge in [0.2, 0.25) is 0 Å². The number of hydrogen-bond acceptors (Lipinski definition) is 5. The second-order valence-electron chi connectivity index (χ2n) is 5.21. The van der Waals surface area contributed by atoms with Gasteiger partial charge in [-0.25, -0.2) is 4.98 Å². The molecule has 0 aliphatic heterocycles. The third-order valence-corrected chi connectivity index (χ3v) is 4.69. The summed E-state index contributed by atoms with van der Waals surface area (Å²) in [6, 6.07) is 15.6. The molecule has 0 fully saturated rings. The number of nitrogens with one attached hydrogen (secondary N) is 2. The third-order valence-electron chi connectivity index (χ3n) is 3.35. The fraction of sp³-hybridized carbons (Fsp3) is 0.167. The average Bonchev–Trinajstić information content (AvgIpc) is 3.06. The molecule has 3 rings (SSSR count). The van der Waals surface area contributed by atoms with E-state index >= 15 is 0 Å². The van der Waals surface area contributed by atoms with Crippen LogP contribution in [0.3, 0.4) is 0 Å². The van der Waals surface area contributed by atoms with Crippen molar-refractivity contribution in [3.05, 3.63) is 53.5 Å². The Kier molecular flexibility index (Phi) is 5.57. The van der Waals surface area contributed by atoms with Crippen molar-refractivity contribution < 1.29 is 4.74 Å². The number of nitrogens with zero attached hydrogens (tertiary/aromatic N) is 2. The lowest BCUT2D eigenvalue weighted by molar-refractivity contribution is 0.340. The molecule has 128 valence electrons. The van der Waals surface area contributed by atoms with Crippen molar-refractivity contribution >= 4 is 50.3 Å². The van der Waals surface area contributed by atoms with Gasteiger partial charge in [0.15, 0.2) is 5.11 Å². The van der Waals surface area contributed by atoms with Crippen molar-refractivity contribution in [3.8, 4) is 5.75 Å². The molecule has 0 spiro atoms. The number of rotatable bonds is 5. The van der Waals surface area contributed by atoms with Gasteiger partial charge < -0.3 is 10.1 Å². The smallest absolute Gasteiger partial charge is 0.191 e. The highest BCUT2D eigenvalue weighted by Gasteiger charge is 2.06. The van der Waals surface area contributed by atoms with Gasteiger partial charge in [0.1, 0.15) is 10.8 Å². The summed E-state index contributed by atoms with van der Waals surface area (Å²) in [6.07, 6.45) is 0. The first-order valence-corrected chi connectivity index (χ1v) is 9.08. The third kappa shape index (κ3) is 4.52. The Morgan fingerprint density at radius 2 is 1.96 bits per heavy atom. The number of anilines is 1. The van der Waals surface area contributed by atoms with Crippen molar-refractivity contribution in [3.63, 3.8) is 0 Å². The molecule has 0 bridgehead atoms. The molecule has 0 aliphatic carbocycles. The Balaban J connectivity index is 1.61. The van der Waals surface area contributed by atoms with Crippen LogP contribution in [0, 0.1) is 0 Å². The first-order valence-electron chi connectivity index (χ1n) is 7.86. The summed E-state index contributed by atoms with van der Waals surface area (Å²) in [5.41, 5.74) is 5.49. The summed E-state index contributed by atoms with van der Waals surface area (Å²) in [7, 11) is 0. The van der Waals surface area contributed by atoms with E-state index in [4.69, 9.17) is 17.0 Å². The predicted molar refractivity (Wildman–Crippen MR) is 109 cm³/mol. The van der Waals surface area contributed by atoms with Gasteiger partial charge in [0.05, 0.1) is 22.5 Å². The van der Waals surface area contributed by atoms with Crippen LogP contribution >= 0.6 is 23.6 Å². The molecule has 0 radical (unpaired) electrons. The number of fused-ring (bicyclic) bond motifs is 1. The van der Waals surface area contributed by atoms with Crippen LogP contribution < -0.4 is 15.5 Å². The van der Waals surface area contributed by atoms with Gasteiger partial charge >= 0.3 is 0 Å². The number of benzene rings is 2. The van der Waals surface area contributed by atoms with Crippen molar-refractivity contribution in [2.24, 2.45) is 5.10 Å². The second kappa shape index (κ2) is 8.04. The summed E-state index contributed by atoms with van der Waals surface area (Å²) >= 11 is 6.88. The SMILES string of the molecule is CCOc1ccc(NC(=S)N/N=C(/C)c2nc3ccccc3s2)cc1. The lowest BCUT2D eigenvalue weighted by Gasteiger charge is -2.08. The van der Waals surface area contributed by atoms with Gasteiger partial charge in [0.25, 0.3) is 0 Å². The fourth-order valence-electron chi connectivity index (χ4n) is 2.17. The number of hydrogen-bond donors (Lipinski definition) is 2. The van der Waals surface area contributed by atoms with Crippen LogP contribution in [0.25, 0.3) is 10.2 Å². The summed E-state index contributed by atoms with van der Waals surface area (Å²) < 4.78 is 6.56. The molecule has 2 aromatic carbocycles. The highest BCUT2D eigenvalue weighted by atomic mass is 32.1. The maximum absolute atomic E-state index is 5.41. The molecule has 3 aromatic rings. The quantitative estimate of drug-likeness (QED) is 0.396. The minimum Gasteiger partial charge on any atom is -0.494 e. The minimum atomic E-state index is 0.421. The second-order valence-corrected chi connectivity index (χ2v) is 6.65. The van der Waals surface area contributed by atoms with E-state index in [1.54, 1.807) is 11.3 Å². The van der Waals surface area contributed by atoms with Gasteiger partial charge in [-0.15, -0.1) is 11.3 Å². The first-order chi connectivity index (χ1) is 12.2. The van der Waals surface area contributed by atoms with E-state index in [0.717, 1.165) is 32.4 Å². The molecule has 0 amide bonds. The largest absolute Gasteiger partial charge is 0.494 e. The lowest BCUT2D eigenvalue weighted by atomic mass is 10.3. The standard InChI is InChI=1S/C18H18N4OS2/c1-3-23-14-10-8-13(9-11-14)19-18(24)22-21-12(2)17-20-15-6-4-5-7-16(15)25-17/h4-11H,3H2,1-2H3,(H2,19,22,24)/b21-12-. The molecule has 5 nitrogen and oxygen atoms in total. The monoisotopic (exact) mass is 370 g/mol. The van der Waals surface area contributed by atoms with E-state index in [1.807, 2.05) is 56.3 Å². The Hall–Kier alpha value is -2.51. The van der Waals surface area contributed by atoms with Gasteiger partial charge in [-0.2, -0.15) is 5.10 Å². The zero-order valence-corrected chi connectivity index (χ0v) is 15.6. The topological polar surface area (TPSA) is 58.5 Å². The van der Waals surface area contributed by atoms with E-state index in [9.17, 15) is 0 Å². The van der Waals surface area contributed by atoms with Crippen LogP contribution in [0.5, 0.6) is 5.75 Å². The molecule has 1 heterocycles. The van der Waals surface area contributed by atoms with Gasteiger partial charge in [-0.1, -0.05) is 12.1 Å². The van der Waals surface area contributed by atoms with Crippen molar-refractivity contribution in [1.82, 2.24) is 10.4 Å². The highest BCUT2D eigenvalue weighted by molar-refractivity contribution is 7.80. The molecule has 0 aliphatic rings. The van der Waals surface area contributed by atoms with E-state index < -0.39 is 0 Å². The summed E-state index contributed by atoms with van der Waals surface area (Å²) in [6.45, 7) is 4.51. The van der Waals surface area contributed by atoms with Crippen LogP contribution in [0.1, 0.15) is 18.9 Å². The van der Waals surface area contributed by atoms with Crippen molar-refractivity contribution in [2.45, 2.75) is 13.8 Å². The minimum absolute atomic E-state index is 0.421. The normalized spacial score (nSPS) is 11.4. The number of para-hydroxylation sites is 1. The number of thiazole rings is 1. The van der Waals surface area contributed by atoms with E-state index in [2.05, 4.69) is 26.9 Å². The summed E-state index contributed by atoms with van der Waals surface area (Å²) in [5.74, 6) is 0.830. The van der Waals surface area contributed by atoms with Crippen molar-refractivity contribution in [1.29, 1.82) is 0 Å². The molecular weight excluding hydrogens is 352 g/mol. The molecule has 2 N–H and O–H groups in total. The van der Waals surface area contributed by atoms with Crippen LogP contribution in [0.15, 0.2) is 53.6 Å². The highest BCUT2D eigenvalue weighted by Crippen LogP contribution is 2.22.